The quantitative estimate of drug-likeness (QED) is 0.639. The second kappa shape index (κ2) is 8.34. The summed E-state index contributed by atoms with van der Waals surface area (Å²) in [4.78, 5) is 17.2. The molecule has 24 heavy (non-hydrogen) atoms. The summed E-state index contributed by atoms with van der Waals surface area (Å²) in [6.07, 6.45) is 0.521. The lowest BCUT2D eigenvalue weighted by Crippen LogP contribution is -2.26. The van der Waals surface area contributed by atoms with E-state index in [1.807, 2.05) is 6.07 Å². The standard InChI is InChI=1S/C17H13Cl2N3O2/c1-11(17(23)22-15-8-3-2-5-12(15)9-20)24-21-10-13-6-4-7-14(18)16(13)19/h2-8,10-11H,1H3,(H,22,23)/b21-10-/t11-/m1/s1. The topological polar surface area (TPSA) is 74.5 Å². The molecule has 0 aliphatic rings. The van der Waals surface area contributed by atoms with Crippen molar-refractivity contribution in [1.82, 2.24) is 0 Å². The van der Waals surface area contributed by atoms with Crippen molar-refractivity contribution in [3.8, 4) is 6.07 Å². The lowest BCUT2D eigenvalue weighted by atomic mass is 10.2. The Kier molecular flexibility index (Phi) is 6.19. The smallest absolute Gasteiger partial charge is 0.268 e. The van der Waals surface area contributed by atoms with Crippen LogP contribution in [0.3, 0.4) is 0 Å². The highest BCUT2D eigenvalue weighted by Gasteiger charge is 2.15. The highest BCUT2D eigenvalue weighted by atomic mass is 35.5. The molecule has 0 unspecified atom stereocenters. The number of rotatable bonds is 5. The molecule has 1 N–H and O–H groups in total. The van der Waals surface area contributed by atoms with Crippen LogP contribution in [0.1, 0.15) is 18.1 Å². The molecular formula is C17H13Cl2N3O2. The largest absolute Gasteiger partial charge is 0.383 e. The third-order valence-electron chi connectivity index (χ3n) is 3.07. The van der Waals surface area contributed by atoms with E-state index in [9.17, 15) is 4.79 Å². The minimum absolute atomic E-state index is 0.353. The first kappa shape index (κ1) is 17.8. The van der Waals surface area contributed by atoms with E-state index in [0.29, 0.717) is 26.9 Å². The Balaban J connectivity index is 1.98. The zero-order valence-corrected chi connectivity index (χ0v) is 14.2. The zero-order chi connectivity index (χ0) is 17.5. The zero-order valence-electron chi connectivity index (χ0n) is 12.7. The van der Waals surface area contributed by atoms with Gasteiger partial charge in [0.2, 0.25) is 6.10 Å². The van der Waals surface area contributed by atoms with Crippen LogP contribution in [-0.4, -0.2) is 18.2 Å². The Hall–Kier alpha value is -2.55. The van der Waals surface area contributed by atoms with Crippen LogP contribution in [0.5, 0.6) is 0 Å². The van der Waals surface area contributed by atoms with E-state index < -0.39 is 12.0 Å². The number of anilines is 1. The van der Waals surface area contributed by atoms with Gasteiger partial charge in [0.15, 0.2) is 0 Å². The lowest BCUT2D eigenvalue weighted by Gasteiger charge is -2.11. The van der Waals surface area contributed by atoms with Crippen molar-refractivity contribution < 1.29 is 9.63 Å². The molecule has 2 aromatic carbocycles. The predicted molar refractivity (Wildman–Crippen MR) is 94.4 cm³/mol. The van der Waals surface area contributed by atoms with E-state index in [1.54, 1.807) is 49.4 Å². The van der Waals surface area contributed by atoms with Crippen LogP contribution in [-0.2, 0) is 9.63 Å². The molecule has 0 saturated heterocycles. The minimum atomic E-state index is -0.856. The van der Waals surface area contributed by atoms with Crippen LogP contribution in [0.25, 0.3) is 0 Å². The molecule has 0 aliphatic heterocycles. The molecule has 0 bridgehead atoms. The third-order valence-corrected chi connectivity index (χ3v) is 3.90. The molecule has 0 spiro atoms. The number of carbonyl (C=O) groups is 1. The molecule has 5 nitrogen and oxygen atoms in total. The number of para-hydroxylation sites is 1. The fourth-order valence-electron chi connectivity index (χ4n) is 1.77. The molecule has 0 saturated carbocycles. The number of halogens is 2. The van der Waals surface area contributed by atoms with Crippen LogP contribution >= 0.6 is 23.2 Å². The Bertz CT molecular complexity index is 816. The molecule has 0 fully saturated rings. The van der Waals surface area contributed by atoms with Crippen molar-refractivity contribution >= 4 is 41.0 Å². The molecule has 7 heteroatoms. The number of benzene rings is 2. The number of amides is 1. The van der Waals surface area contributed by atoms with Gasteiger partial charge in [-0.2, -0.15) is 5.26 Å². The summed E-state index contributed by atoms with van der Waals surface area (Å²) in [6, 6.07) is 13.8. The van der Waals surface area contributed by atoms with Gasteiger partial charge in [0.1, 0.15) is 6.07 Å². The lowest BCUT2D eigenvalue weighted by molar-refractivity contribution is -0.126. The van der Waals surface area contributed by atoms with Crippen molar-refractivity contribution in [2.24, 2.45) is 5.16 Å². The minimum Gasteiger partial charge on any atom is -0.383 e. The molecule has 2 aromatic rings. The summed E-state index contributed by atoms with van der Waals surface area (Å²) >= 11 is 11.9. The Morgan fingerprint density at radius 2 is 2.04 bits per heavy atom. The summed E-state index contributed by atoms with van der Waals surface area (Å²) in [6.45, 7) is 1.54. The van der Waals surface area contributed by atoms with Crippen molar-refractivity contribution in [2.75, 3.05) is 5.32 Å². The summed E-state index contributed by atoms with van der Waals surface area (Å²) in [7, 11) is 0. The van der Waals surface area contributed by atoms with Gasteiger partial charge in [0, 0.05) is 5.56 Å². The van der Waals surface area contributed by atoms with Gasteiger partial charge in [0.25, 0.3) is 5.91 Å². The van der Waals surface area contributed by atoms with Crippen LogP contribution in [0, 0.1) is 11.3 Å². The van der Waals surface area contributed by atoms with Gasteiger partial charge in [-0.1, -0.05) is 52.6 Å². The van der Waals surface area contributed by atoms with Crippen LogP contribution in [0.2, 0.25) is 10.0 Å². The highest BCUT2D eigenvalue weighted by molar-refractivity contribution is 6.43. The van der Waals surface area contributed by atoms with Crippen molar-refractivity contribution in [3.63, 3.8) is 0 Å². The van der Waals surface area contributed by atoms with E-state index in [2.05, 4.69) is 10.5 Å². The predicted octanol–water partition coefficient (Wildman–Crippen LogP) is 4.24. The first-order valence-electron chi connectivity index (χ1n) is 6.96. The van der Waals surface area contributed by atoms with E-state index in [0.717, 1.165) is 0 Å². The van der Waals surface area contributed by atoms with Crippen LogP contribution < -0.4 is 5.32 Å². The molecule has 0 aliphatic carbocycles. The normalized spacial score (nSPS) is 11.8. The summed E-state index contributed by atoms with van der Waals surface area (Å²) in [5.74, 6) is -0.424. The third kappa shape index (κ3) is 4.48. The number of oxime groups is 1. The van der Waals surface area contributed by atoms with E-state index in [1.165, 1.54) is 6.21 Å². The van der Waals surface area contributed by atoms with E-state index in [4.69, 9.17) is 33.3 Å². The first-order chi connectivity index (χ1) is 11.5. The SMILES string of the molecule is C[C@@H](O/N=C\c1cccc(Cl)c1Cl)C(=O)Nc1ccccc1C#N. The van der Waals surface area contributed by atoms with Gasteiger partial charge in [-0.15, -0.1) is 0 Å². The van der Waals surface area contributed by atoms with Crippen molar-refractivity contribution in [3.05, 3.63) is 63.6 Å². The Labute approximate surface area is 149 Å². The number of carbonyl (C=O) groups excluding carboxylic acids is 1. The second-order valence-electron chi connectivity index (χ2n) is 4.77. The number of hydrogen-bond donors (Lipinski definition) is 1. The summed E-state index contributed by atoms with van der Waals surface area (Å²) < 4.78 is 0. The number of nitrogens with one attached hydrogen (secondary N) is 1. The average Bonchev–Trinajstić information content (AvgIpc) is 2.59. The maximum Gasteiger partial charge on any atom is 0.268 e. The number of nitrogens with zero attached hydrogens (tertiary/aromatic N) is 2. The molecule has 0 aromatic heterocycles. The molecule has 0 radical (unpaired) electrons. The highest BCUT2D eigenvalue weighted by Crippen LogP contribution is 2.24. The Morgan fingerprint density at radius 3 is 2.79 bits per heavy atom. The fraction of sp³-hybridized carbons (Fsp3) is 0.118. The molecule has 1 atom stereocenters. The van der Waals surface area contributed by atoms with Gasteiger partial charge >= 0.3 is 0 Å². The molecular weight excluding hydrogens is 349 g/mol. The van der Waals surface area contributed by atoms with Crippen molar-refractivity contribution in [1.29, 1.82) is 5.26 Å². The van der Waals surface area contributed by atoms with Gasteiger partial charge in [-0.05, 0) is 25.1 Å². The van der Waals surface area contributed by atoms with Gasteiger partial charge in [-0.3, -0.25) is 4.79 Å². The van der Waals surface area contributed by atoms with Crippen LogP contribution in [0.4, 0.5) is 5.69 Å². The summed E-state index contributed by atoms with van der Waals surface area (Å²) in [5.41, 5.74) is 1.36. The van der Waals surface area contributed by atoms with Gasteiger partial charge in [0.05, 0.1) is 27.5 Å². The fourth-order valence-corrected chi connectivity index (χ4v) is 2.13. The van der Waals surface area contributed by atoms with Crippen LogP contribution in [0.15, 0.2) is 47.6 Å². The number of hydrogen-bond acceptors (Lipinski definition) is 4. The van der Waals surface area contributed by atoms with E-state index in [-0.39, 0.29) is 0 Å². The van der Waals surface area contributed by atoms with Crippen molar-refractivity contribution in [2.45, 2.75) is 13.0 Å². The molecule has 0 heterocycles. The average molecular weight is 362 g/mol. The van der Waals surface area contributed by atoms with Gasteiger partial charge in [-0.25, -0.2) is 0 Å². The maximum atomic E-state index is 12.1. The summed E-state index contributed by atoms with van der Waals surface area (Å²) in [5, 5.41) is 16.1. The number of nitriles is 1. The molecule has 1 amide bonds. The Morgan fingerprint density at radius 1 is 1.29 bits per heavy atom. The van der Waals surface area contributed by atoms with E-state index >= 15 is 0 Å². The first-order valence-corrected chi connectivity index (χ1v) is 7.71. The van der Waals surface area contributed by atoms with Gasteiger partial charge < -0.3 is 10.2 Å². The monoisotopic (exact) mass is 361 g/mol. The maximum absolute atomic E-state index is 12.1. The second-order valence-corrected chi connectivity index (χ2v) is 5.56. The molecule has 122 valence electrons. The molecule has 2 rings (SSSR count).